The van der Waals surface area contributed by atoms with Gasteiger partial charge < -0.3 is 15.0 Å². The van der Waals surface area contributed by atoms with Crippen molar-refractivity contribution in [1.29, 1.82) is 0 Å². The highest BCUT2D eigenvalue weighted by Crippen LogP contribution is 2.29. The maximum Gasteiger partial charge on any atom is 0.416 e. The maximum absolute atomic E-state index is 12.5. The Morgan fingerprint density at radius 2 is 1.73 bits per heavy atom. The van der Waals surface area contributed by atoms with E-state index in [1.165, 1.54) is 6.92 Å². The van der Waals surface area contributed by atoms with Crippen molar-refractivity contribution in [2.75, 3.05) is 19.6 Å². The molecule has 1 N–H and O–H groups in total. The van der Waals surface area contributed by atoms with E-state index in [0.717, 1.165) is 37.1 Å². The zero-order valence-corrected chi connectivity index (χ0v) is 14.1. The number of hydrogen-bond acceptors (Lipinski definition) is 4. The number of benzene rings is 1. The zero-order valence-electron chi connectivity index (χ0n) is 14.1. The normalized spacial score (nSPS) is 15.5. The van der Waals surface area contributed by atoms with Gasteiger partial charge in [-0.05, 0) is 44.0 Å². The fraction of sp³-hybridized carbons (Fsp3) is 0.471. The lowest BCUT2D eigenvalue weighted by molar-refractivity contribution is -0.157. The SMILES string of the molecule is C[C@H](OC(=O)CNC(=O)c1ccc(C(F)(F)F)cc1)C(=O)N1CCCC1. The Morgan fingerprint density at radius 1 is 1.15 bits per heavy atom. The molecule has 0 aliphatic carbocycles. The van der Waals surface area contributed by atoms with Gasteiger partial charge in [-0.2, -0.15) is 13.2 Å². The number of nitrogens with zero attached hydrogens (tertiary/aromatic N) is 1. The van der Waals surface area contributed by atoms with E-state index in [2.05, 4.69) is 5.32 Å². The van der Waals surface area contributed by atoms with E-state index in [-0.39, 0.29) is 11.5 Å². The van der Waals surface area contributed by atoms with Crippen LogP contribution in [0, 0.1) is 0 Å². The summed E-state index contributed by atoms with van der Waals surface area (Å²) < 4.78 is 42.4. The molecular formula is C17H19F3N2O4. The van der Waals surface area contributed by atoms with Crippen LogP contribution in [0.5, 0.6) is 0 Å². The number of rotatable bonds is 5. The quantitative estimate of drug-likeness (QED) is 0.802. The standard InChI is InChI=1S/C17H19F3N2O4/c1-11(16(25)22-8-2-3-9-22)26-14(23)10-21-15(24)12-4-6-13(7-5-12)17(18,19)20/h4-7,11H,2-3,8-10H2,1H3,(H,21,24)/t11-/m0/s1. The predicted octanol–water partition coefficient (Wildman–Crippen LogP) is 1.99. The van der Waals surface area contributed by atoms with Crippen LogP contribution in [-0.4, -0.2) is 48.4 Å². The molecule has 1 saturated heterocycles. The highest BCUT2D eigenvalue weighted by Gasteiger charge is 2.30. The summed E-state index contributed by atoms with van der Waals surface area (Å²) in [7, 11) is 0. The zero-order chi connectivity index (χ0) is 19.3. The molecule has 0 unspecified atom stereocenters. The smallest absolute Gasteiger partial charge is 0.416 e. The number of alkyl halides is 3. The fourth-order valence-electron chi connectivity index (χ4n) is 2.55. The van der Waals surface area contributed by atoms with Gasteiger partial charge >= 0.3 is 12.1 Å². The van der Waals surface area contributed by atoms with Crippen molar-refractivity contribution in [2.45, 2.75) is 32.0 Å². The summed E-state index contributed by atoms with van der Waals surface area (Å²) in [4.78, 5) is 37.2. The molecule has 1 aromatic carbocycles. The van der Waals surface area contributed by atoms with Gasteiger partial charge in [-0.25, -0.2) is 0 Å². The average molecular weight is 372 g/mol. The Labute approximate surface area is 148 Å². The third kappa shape index (κ3) is 5.21. The lowest BCUT2D eigenvalue weighted by atomic mass is 10.1. The Kier molecular flexibility index (Phi) is 6.23. The van der Waals surface area contributed by atoms with Crippen LogP contribution in [0.25, 0.3) is 0 Å². The summed E-state index contributed by atoms with van der Waals surface area (Å²) in [5.74, 6) is -1.80. The van der Waals surface area contributed by atoms with Crippen molar-refractivity contribution < 1.29 is 32.3 Å². The van der Waals surface area contributed by atoms with Gasteiger partial charge in [0.2, 0.25) is 0 Å². The van der Waals surface area contributed by atoms with E-state index < -0.39 is 36.3 Å². The molecule has 0 radical (unpaired) electrons. The number of hydrogen-bond donors (Lipinski definition) is 1. The molecule has 26 heavy (non-hydrogen) atoms. The molecule has 1 aliphatic rings. The first-order chi connectivity index (χ1) is 12.2. The lowest BCUT2D eigenvalue weighted by Crippen LogP contribution is -2.40. The number of carbonyl (C=O) groups excluding carboxylic acids is 3. The van der Waals surface area contributed by atoms with E-state index >= 15 is 0 Å². The first kappa shape index (κ1) is 19.7. The van der Waals surface area contributed by atoms with Gasteiger partial charge in [-0.1, -0.05) is 0 Å². The molecule has 1 heterocycles. The molecule has 2 rings (SSSR count). The fourth-order valence-corrected chi connectivity index (χ4v) is 2.55. The Hall–Kier alpha value is -2.58. The summed E-state index contributed by atoms with van der Waals surface area (Å²) in [5.41, 5.74) is -0.894. The lowest BCUT2D eigenvalue weighted by Gasteiger charge is -2.20. The second kappa shape index (κ2) is 8.20. The van der Waals surface area contributed by atoms with Crippen LogP contribution < -0.4 is 5.32 Å². The minimum Gasteiger partial charge on any atom is -0.451 e. The van der Waals surface area contributed by atoms with E-state index in [1.807, 2.05) is 0 Å². The van der Waals surface area contributed by atoms with Crippen LogP contribution >= 0.6 is 0 Å². The van der Waals surface area contributed by atoms with Crippen LogP contribution in [0.4, 0.5) is 13.2 Å². The molecule has 0 aromatic heterocycles. The van der Waals surface area contributed by atoms with Gasteiger partial charge in [0.15, 0.2) is 6.10 Å². The van der Waals surface area contributed by atoms with Gasteiger partial charge in [-0.15, -0.1) is 0 Å². The van der Waals surface area contributed by atoms with E-state index in [9.17, 15) is 27.6 Å². The molecule has 0 bridgehead atoms. The third-order valence-corrected chi connectivity index (χ3v) is 3.94. The number of likely N-dealkylation sites (tertiary alicyclic amines) is 1. The van der Waals surface area contributed by atoms with E-state index in [1.54, 1.807) is 4.90 Å². The van der Waals surface area contributed by atoms with Crippen molar-refractivity contribution in [2.24, 2.45) is 0 Å². The Bertz CT molecular complexity index is 668. The highest BCUT2D eigenvalue weighted by molar-refractivity contribution is 5.96. The van der Waals surface area contributed by atoms with Crippen molar-refractivity contribution in [1.82, 2.24) is 10.2 Å². The van der Waals surface area contributed by atoms with Gasteiger partial charge in [0.25, 0.3) is 11.8 Å². The monoisotopic (exact) mass is 372 g/mol. The molecule has 1 fully saturated rings. The molecule has 2 amide bonds. The number of carbonyl (C=O) groups is 3. The molecule has 1 atom stereocenters. The van der Waals surface area contributed by atoms with Crippen molar-refractivity contribution in [3.8, 4) is 0 Å². The number of halogens is 3. The van der Waals surface area contributed by atoms with Crippen molar-refractivity contribution in [3.63, 3.8) is 0 Å². The topological polar surface area (TPSA) is 75.7 Å². The molecule has 0 saturated carbocycles. The highest BCUT2D eigenvalue weighted by atomic mass is 19.4. The average Bonchev–Trinajstić information content (AvgIpc) is 3.12. The van der Waals surface area contributed by atoms with Crippen LogP contribution in [0.3, 0.4) is 0 Å². The van der Waals surface area contributed by atoms with Gasteiger partial charge in [0.05, 0.1) is 5.56 Å². The Balaban J connectivity index is 1.81. The van der Waals surface area contributed by atoms with Crippen LogP contribution in [0.2, 0.25) is 0 Å². The van der Waals surface area contributed by atoms with Gasteiger partial charge in [-0.3, -0.25) is 14.4 Å². The number of nitrogens with one attached hydrogen (secondary N) is 1. The van der Waals surface area contributed by atoms with Crippen molar-refractivity contribution >= 4 is 17.8 Å². The van der Waals surface area contributed by atoms with Crippen molar-refractivity contribution in [3.05, 3.63) is 35.4 Å². The van der Waals surface area contributed by atoms with Crippen LogP contribution in [-0.2, 0) is 20.5 Å². The van der Waals surface area contributed by atoms with Gasteiger partial charge in [0.1, 0.15) is 6.54 Å². The largest absolute Gasteiger partial charge is 0.451 e. The minimum atomic E-state index is -4.49. The molecule has 9 heteroatoms. The van der Waals surface area contributed by atoms with Crippen LogP contribution in [0.15, 0.2) is 24.3 Å². The second-order valence-electron chi connectivity index (χ2n) is 5.92. The second-order valence-corrected chi connectivity index (χ2v) is 5.92. The summed E-state index contributed by atoms with van der Waals surface area (Å²) >= 11 is 0. The van der Waals surface area contributed by atoms with E-state index in [0.29, 0.717) is 13.1 Å². The Morgan fingerprint density at radius 3 is 2.27 bits per heavy atom. The molecule has 1 aromatic rings. The summed E-state index contributed by atoms with van der Waals surface area (Å²) in [6, 6.07) is 3.60. The van der Waals surface area contributed by atoms with Gasteiger partial charge in [0, 0.05) is 18.7 Å². The maximum atomic E-state index is 12.5. The number of amides is 2. The van der Waals surface area contributed by atoms with Crippen LogP contribution in [0.1, 0.15) is 35.7 Å². The molecule has 142 valence electrons. The summed E-state index contributed by atoms with van der Waals surface area (Å²) in [6.45, 7) is 2.23. The number of esters is 1. The first-order valence-corrected chi connectivity index (χ1v) is 8.12. The molecular weight excluding hydrogens is 353 g/mol. The first-order valence-electron chi connectivity index (χ1n) is 8.12. The minimum absolute atomic E-state index is 0.0213. The molecule has 1 aliphatic heterocycles. The predicted molar refractivity (Wildman–Crippen MR) is 85.1 cm³/mol. The van der Waals surface area contributed by atoms with E-state index in [4.69, 9.17) is 4.74 Å². The molecule has 6 nitrogen and oxygen atoms in total. The molecule has 0 spiro atoms. The third-order valence-electron chi connectivity index (χ3n) is 3.94. The number of ether oxygens (including phenoxy) is 1. The summed E-state index contributed by atoms with van der Waals surface area (Å²) in [6.07, 6.45) is -3.62. The summed E-state index contributed by atoms with van der Waals surface area (Å²) in [5, 5.41) is 2.25.